The average Bonchev–Trinajstić information content (AvgIpc) is 2.66. The molecule has 2 aromatic carbocycles. The molecular weight excluding hydrogens is 372 g/mol. The van der Waals surface area contributed by atoms with Crippen molar-refractivity contribution in [3.05, 3.63) is 53.1 Å². The van der Waals surface area contributed by atoms with Crippen LogP contribution in [-0.2, 0) is 9.59 Å². The SMILES string of the molecule is COc1ccc(OC(C)C(=O)NNC(=O)COc2ccc(Cl)cc2C)cc1. The van der Waals surface area contributed by atoms with Gasteiger partial charge >= 0.3 is 0 Å². The van der Waals surface area contributed by atoms with Crippen LogP contribution in [0.2, 0.25) is 5.02 Å². The number of carbonyl (C=O) groups is 2. The first-order valence-electron chi connectivity index (χ1n) is 8.17. The lowest BCUT2D eigenvalue weighted by Crippen LogP contribution is -2.48. The van der Waals surface area contributed by atoms with Gasteiger partial charge in [-0.2, -0.15) is 0 Å². The van der Waals surface area contributed by atoms with Gasteiger partial charge in [0.15, 0.2) is 12.7 Å². The molecule has 0 bridgehead atoms. The van der Waals surface area contributed by atoms with E-state index in [2.05, 4.69) is 10.9 Å². The van der Waals surface area contributed by atoms with Crippen molar-refractivity contribution in [3.63, 3.8) is 0 Å². The van der Waals surface area contributed by atoms with Crippen LogP contribution < -0.4 is 25.1 Å². The molecule has 0 aliphatic carbocycles. The Bertz CT molecular complexity index is 795. The number of benzene rings is 2. The third-order valence-corrected chi connectivity index (χ3v) is 3.80. The molecule has 0 aromatic heterocycles. The van der Waals surface area contributed by atoms with E-state index in [1.807, 2.05) is 6.92 Å². The Morgan fingerprint density at radius 2 is 1.74 bits per heavy atom. The summed E-state index contributed by atoms with van der Waals surface area (Å²) >= 11 is 5.87. The second-order valence-corrected chi connectivity index (χ2v) is 6.11. The fourth-order valence-electron chi connectivity index (χ4n) is 2.10. The number of ether oxygens (including phenoxy) is 3. The quantitative estimate of drug-likeness (QED) is 0.707. The number of methoxy groups -OCH3 is 1. The van der Waals surface area contributed by atoms with E-state index in [-0.39, 0.29) is 6.61 Å². The number of hydrogen-bond donors (Lipinski definition) is 2. The molecule has 2 amide bonds. The summed E-state index contributed by atoms with van der Waals surface area (Å²) in [6.45, 7) is 3.13. The number of carbonyl (C=O) groups excluding carboxylic acids is 2. The molecule has 8 heteroatoms. The zero-order valence-corrected chi connectivity index (χ0v) is 16.0. The maximum atomic E-state index is 12.0. The highest BCUT2D eigenvalue weighted by Gasteiger charge is 2.15. The molecule has 0 saturated heterocycles. The molecule has 27 heavy (non-hydrogen) atoms. The van der Waals surface area contributed by atoms with Crippen LogP contribution in [0.15, 0.2) is 42.5 Å². The topological polar surface area (TPSA) is 85.9 Å². The second-order valence-electron chi connectivity index (χ2n) is 5.67. The van der Waals surface area contributed by atoms with Gasteiger partial charge in [-0.1, -0.05) is 11.6 Å². The van der Waals surface area contributed by atoms with E-state index in [0.717, 1.165) is 5.56 Å². The fourth-order valence-corrected chi connectivity index (χ4v) is 2.33. The summed E-state index contributed by atoms with van der Waals surface area (Å²) < 4.78 is 16.0. The zero-order chi connectivity index (χ0) is 19.8. The van der Waals surface area contributed by atoms with Crippen molar-refractivity contribution in [2.24, 2.45) is 0 Å². The first kappa shape index (κ1) is 20.4. The number of hydrazine groups is 1. The van der Waals surface area contributed by atoms with Gasteiger partial charge in [-0.05, 0) is 61.9 Å². The third kappa shape index (κ3) is 6.38. The molecular formula is C19H21ClN2O5. The van der Waals surface area contributed by atoms with E-state index in [0.29, 0.717) is 22.3 Å². The number of halogens is 1. The summed E-state index contributed by atoms with van der Waals surface area (Å²) in [5, 5.41) is 0.586. The Morgan fingerprint density at radius 3 is 2.37 bits per heavy atom. The number of amides is 2. The maximum Gasteiger partial charge on any atom is 0.279 e. The fraction of sp³-hybridized carbons (Fsp3) is 0.263. The molecule has 1 unspecified atom stereocenters. The molecule has 0 aliphatic rings. The maximum absolute atomic E-state index is 12.0. The molecule has 0 spiro atoms. The van der Waals surface area contributed by atoms with Gasteiger partial charge in [0.1, 0.15) is 17.2 Å². The highest BCUT2D eigenvalue weighted by atomic mass is 35.5. The van der Waals surface area contributed by atoms with Crippen LogP contribution >= 0.6 is 11.6 Å². The minimum absolute atomic E-state index is 0.254. The summed E-state index contributed by atoms with van der Waals surface area (Å²) in [4.78, 5) is 23.8. The molecule has 2 N–H and O–H groups in total. The predicted octanol–water partition coefficient (Wildman–Crippen LogP) is 2.65. The van der Waals surface area contributed by atoms with Gasteiger partial charge in [-0.25, -0.2) is 0 Å². The molecule has 0 fully saturated rings. The third-order valence-electron chi connectivity index (χ3n) is 3.56. The Labute approximate surface area is 162 Å². The van der Waals surface area contributed by atoms with Crippen LogP contribution in [-0.4, -0.2) is 31.6 Å². The Hall–Kier alpha value is -2.93. The minimum atomic E-state index is -0.807. The lowest BCUT2D eigenvalue weighted by Gasteiger charge is -2.15. The number of nitrogens with one attached hydrogen (secondary N) is 2. The van der Waals surface area contributed by atoms with Gasteiger partial charge in [0.05, 0.1) is 7.11 Å². The Kier molecular flexibility index (Phi) is 7.31. The Morgan fingerprint density at radius 1 is 1.07 bits per heavy atom. The van der Waals surface area contributed by atoms with Crippen molar-refractivity contribution in [1.82, 2.24) is 10.9 Å². The van der Waals surface area contributed by atoms with E-state index in [1.165, 1.54) is 0 Å². The zero-order valence-electron chi connectivity index (χ0n) is 15.2. The van der Waals surface area contributed by atoms with Gasteiger partial charge < -0.3 is 14.2 Å². The molecule has 0 heterocycles. The van der Waals surface area contributed by atoms with Crippen LogP contribution in [0, 0.1) is 6.92 Å². The smallest absolute Gasteiger partial charge is 0.279 e. The van der Waals surface area contributed by atoms with E-state index in [4.69, 9.17) is 25.8 Å². The molecule has 2 rings (SSSR count). The number of aryl methyl sites for hydroxylation is 1. The molecule has 2 aromatic rings. The van der Waals surface area contributed by atoms with E-state index < -0.39 is 17.9 Å². The van der Waals surface area contributed by atoms with E-state index in [1.54, 1.807) is 56.5 Å². The predicted molar refractivity (Wildman–Crippen MR) is 101 cm³/mol. The first-order chi connectivity index (χ1) is 12.9. The van der Waals surface area contributed by atoms with Gasteiger partial charge in [0.2, 0.25) is 0 Å². The van der Waals surface area contributed by atoms with Crippen molar-refractivity contribution in [1.29, 1.82) is 0 Å². The van der Waals surface area contributed by atoms with E-state index >= 15 is 0 Å². The highest BCUT2D eigenvalue weighted by molar-refractivity contribution is 6.30. The van der Waals surface area contributed by atoms with Crippen molar-refractivity contribution in [3.8, 4) is 17.2 Å². The second kappa shape index (κ2) is 9.68. The highest BCUT2D eigenvalue weighted by Crippen LogP contribution is 2.21. The minimum Gasteiger partial charge on any atom is -0.497 e. The molecule has 0 aliphatic heterocycles. The van der Waals surface area contributed by atoms with E-state index in [9.17, 15) is 9.59 Å². The van der Waals surface area contributed by atoms with Crippen molar-refractivity contribution >= 4 is 23.4 Å². The van der Waals surface area contributed by atoms with Gasteiger partial charge in [0.25, 0.3) is 11.8 Å². The van der Waals surface area contributed by atoms with Crippen LogP contribution in [0.3, 0.4) is 0 Å². The summed E-state index contributed by atoms with van der Waals surface area (Å²) in [7, 11) is 1.56. The van der Waals surface area contributed by atoms with Crippen LogP contribution in [0.5, 0.6) is 17.2 Å². The molecule has 144 valence electrons. The number of rotatable bonds is 7. The van der Waals surface area contributed by atoms with Gasteiger partial charge in [-0.3, -0.25) is 20.4 Å². The largest absolute Gasteiger partial charge is 0.497 e. The van der Waals surface area contributed by atoms with Gasteiger partial charge in [-0.15, -0.1) is 0 Å². The molecule has 0 radical (unpaired) electrons. The average molecular weight is 393 g/mol. The van der Waals surface area contributed by atoms with Crippen molar-refractivity contribution < 1.29 is 23.8 Å². The Balaban J connectivity index is 1.75. The molecule has 0 saturated carbocycles. The summed E-state index contributed by atoms with van der Waals surface area (Å²) in [6, 6.07) is 11.9. The summed E-state index contributed by atoms with van der Waals surface area (Å²) in [5.74, 6) is 0.724. The lowest BCUT2D eigenvalue weighted by molar-refractivity contribution is -0.133. The summed E-state index contributed by atoms with van der Waals surface area (Å²) in [6.07, 6.45) is -0.807. The van der Waals surface area contributed by atoms with Crippen LogP contribution in [0.25, 0.3) is 0 Å². The van der Waals surface area contributed by atoms with Crippen molar-refractivity contribution in [2.45, 2.75) is 20.0 Å². The van der Waals surface area contributed by atoms with Crippen LogP contribution in [0.4, 0.5) is 0 Å². The van der Waals surface area contributed by atoms with Crippen LogP contribution in [0.1, 0.15) is 12.5 Å². The first-order valence-corrected chi connectivity index (χ1v) is 8.55. The lowest BCUT2D eigenvalue weighted by atomic mass is 10.2. The molecule has 7 nitrogen and oxygen atoms in total. The van der Waals surface area contributed by atoms with Gasteiger partial charge in [0, 0.05) is 5.02 Å². The normalized spacial score (nSPS) is 11.3. The monoisotopic (exact) mass is 392 g/mol. The number of hydrogen-bond acceptors (Lipinski definition) is 5. The molecule has 1 atom stereocenters. The summed E-state index contributed by atoms with van der Waals surface area (Å²) in [5.41, 5.74) is 5.38. The standard InChI is InChI=1S/C19H21ClN2O5/c1-12-10-14(20)4-9-17(12)26-11-18(23)21-22-19(24)13(2)27-16-7-5-15(25-3)6-8-16/h4-10,13H,11H2,1-3H3,(H,21,23)(H,22,24). The van der Waals surface area contributed by atoms with Crippen molar-refractivity contribution in [2.75, 3.05) is 13.7 Å².